The van der Waals surface area contributed by atoms with Crippen molar-refractivity contribution in [1.29, 1.82) is 0 Å². The maximum Gasteiger partial charge on any atom is 0.137 e. The van der Waals surface area contributed by atoms with Crippen LogP contribution in [0.2, 0.25) is 0 Å². The molecule has 1 saturated carbocycles. The zero-order valence-electron chi connectivity index (χ0n) is 11.2. The summed E-state index contributed by atoms with van der Waals surface area (Å²) < 4.78 is 0. The smallest absolute Gasteiger partial charge is 0.137 e. The number of nitrogens with zero attached hydrogens (tertiary/aromatic N) is 1. The van der Waals surface area contributed by atoms with Gasteiger partial charge in [0.2, 0.25) is 0 Å². The zero-order valence-corrected chi connectivity index (χ0v) is 11.2. The van der Waals surface area contributed by atoms with E-state index < -0.39 is 0 Å². The molecule has 2 heteroatoms. The first-order valence-electron chi connectivity index (χ1n) is 6.91. The lowest BCUT2D eigenvalue weighted by Crippen LogP contribution is -2.19. The molecule has 1 fully saturated rings. The van der Waals surface area contributed by atoms with Crippen LogP contribution in [-0.4, -0.2) is 10.1 Å². The second kappa shape index (κ2) is 4.67. The molecule has 1 aromatic heterocycles. The second-order valence-corrected chi connectivity index (χ2v) is 5.07. The maximum atomic E-state index is 9.84. The quantitative estimate of drug-likeness (QED) is 0.737. The Labute approximate surface area is 104 Å². The minimum Gasteiger partial charge on any atom is -0.506 e. The highest BCUT2D eigenvalue weighted by molar-refractivity contribution is 5.48. The Hall–Kier alpha value is -1.05. The third-order valence-corrected chi connectivity index (χ3v) is 4.30. The summed E-state index contributed by atoms with van der Waals surface area (Å²) in [6.45, 7) is 6.09. The SMILES string of the molecule is CC.Cc1ncc(O)c2c1C1(CCCC1)CC2. The first kappa shape index (κ1) is 12.4. The fourth-order valence-electron chi connectivity index (χ4n) is 3.64. The van der Waals surface area contributed by atoms with E-state index in [0.29, 0.717) is 11.2 Å². The van der Waals surface area contributed by atoms with E-state index in [1.54, 1.807) is 6.20 Å². The van der Waals surface area contributed by atoms with Crippen LogP contribution in [0.3, 0.4) is 0 Å². The number of fused-ring (bicyclic) bond motifs is 2. The van der Waals surface area contributed by atoms with Crippen LogP contribution in [0.25, 0.3) is 0 Å². The van der Waals surface area contributed by atoms with E-state index >= 15 is 0 Å². The van der Waals surface area contributed by atoms with Gasteiger partial charge in [-0.05, 0) is 43.6 Å². The molecule has 1 spiro atoms. The van der Waals surface area contributed by atoms with E-state index in [9.17, 15) is 5.11 Å². The van der Waals surface area contributed by atoms with Crippen LogP contribution in [0.5, 0.6) is 5.75 Å². The topological polar surface area (TPSA) is 33.1 Å². The molecule has 3 rings (SSSR count). The van der Waals surface area contributed by atoms with E-state index in [0.717, 1.165) is 12.1 Å². The van der Waals surface area contributed by atoms with Crippen molar-refractivity contribution in [3.8, 4) is 5.75 Å². The first-order chi connectivity index (χ1) is 8.23. The Morgan fingerprint density at radius 3 is 2.47 bits per heavy atom. The molecule has 0 unspecified atom stereocenters. The van der Waals surface area contributed by atoms with Gasteiger partial charge in [0.25, 0.3) is 0 Å². The Morgan fingerprint density at radius 2 is 1.82 bits per heavy atom. The van der Waals surface area contributed by atoms with Crippen LogP contribution in [-0.2, 0) is 11.8 Å². The molecule has 2 aliphatic rings. The van der Waals surface area contributed by atoms with Crippen molar-refractivity contribution in [1.82, 2.24) is 4.98 Å². The van der Waals surface area contributed by atoms with Crippen molar-refractivity contribution < 1.29 is 5.11 Å². The van der Waals surface area contributed by atoms with Crippen molar-refractivity contribution in [2.45, 2.75) is 64.7 Å². The number of hydrogen-bond acceptors (Lipinski definition) is 2. The average molecular weight is 233 g/mol. The molecular weight excluding hydrogens is 210 g/mol. The van der Waals surface area contributed by atoms with Gasteiger partial charge in [-0.25, -0.2) is 0 Å². The Balaban J connectivity index is 0.000000514. The zero-order chi connectivity index (χ0) is 12.5. The van der Waals surface area contributed by atoms with Gasteiger partial charge >= 0.3 is 0 Å². The van der Waals surface area contributed by atoms with Crippen LogP contribution >= 0.6 is 0 Å². The number of aromatic nitrogens is 1. The summed E-state index contributed by atoms with van der Waals surface area (Å²) in [4.78, 5) is 4.32. The molecule has 0 amide bonds. The lowest BCUT2D eigenvalue weighted by molar-refractivity contribution is 0.435. The monoisotopic (exact) mass is 233 g/mol. The molecule has 94 valence electrons. The molecule has 1 heterocycles. The molecule has 2 nitrogen and oxygen atoms in total. The van der Waals surface area contributed by atoms with Crippen molar-refractivity contribution in [3.63, 3.8) is 0 Å². The van der Waals surface area contributed by atoms with Gasteiger partial charge < -0.3 is 5.11 Å². The minimum atomic E-state index is 0.380. The number of aromatic hydroxyl groups is 1. The molecule has 0 atom stereocenters. The molecule has 1 aromatic rings. The first-order valence-corrected chi connectivity index (χ1v) is 6.91. The van der Waals surface area contributed by atoms with Crippen molar-refractivity contribution >= 4 is 0 Å². The van der Waals surface area contributed by atoms with Crippen LogP contribution in [0.1, 0.15) is 62.8 Å². The average Bonchev–Trinajstić information content (AvgIpc) is 2.97. The highest BCUT2D eigenvalue weighted by Gasteiger charge is 2.43. The Bertz CT molecular complexity index is 406. The van der Waals surface area contributed by atoms with Gasteiger partial charge in [0.15, 0.2) is 0 Å². The summed E-state index contributed by atoms with van der Waals surface area (Å²) in [5.41, 5.74) is 4.09. The predicted molar refractivity (Wildman–Crippen MR) is 70.5 cm³/mol. The molecule has 2 aliphatic carbocycles. The van der Waals surface area contributed by atoms with Crippen LogP contribution in [0.15, 0.2) is 6.20 Å². The summed E-state index contributed by atoms with van der Waals surface area (Å²) in [5.74, 6) is 0.416. The summed E-state index contributed by atoms with van der Waals surface area (Å²) >= 11 is 0. The standard InChI is InChI=1S/C13H17NO.C2H6/c1-9-12-10(11(15)8-14-9)4-7-13(12)5-2-3-6-13;1-2/h8,15H,2-7H2,1H3;1-2H3. The van der Waals surface area contributed by atoms with Crippen molar-refractivity contribution in [3.05, 3.63) is 23.0 Å². The summed E-state index contributed by atoms with van der Waals surface area (Å²) in [5, 5.41) is 9.84. The maximum absolute atomic E-state index is 9.84. The van der Waals surface area contributed by atoms with Crippen LogP contribution in [0.4, 0.5) is 0 Å². The fraction of sp³-hybridized carbons (Fsp3) is 0.667. The van der Waals surface area contributed by atoms with Gasteiger partial charge in [0, 0.05) is 11.3 Å². The number of pyridine rings is 1. The van der Waals surface area contributed by atoms with Gasteiger partial charge in [-0.2, -0.15) is 0 Å². The number of aryl methyl sites for hydroxylation is 1. The second-order valence-electron chi connectivity index (χ2n) is 5.07. The molecule has 1 N–H and O–H groups in total. The molecule has 0 aliphatic heterocycles. The number of rotatable bonds is 0. The molecule has 0 saturated heterocycles. The van der Waals surface area contributed by atoms with Crippen LogP contribution in [0, 0.1) is 6.92 Å². The van der Waals surface area contributed by atoms with E-state index in [4.69, 9.17) is 0 Å². The summed E-state index contributed by atoms with van der Waals surface area (Å²) in [6, 6.07) is 0. The molecule has 17 heavy (non-hydrogen) atoms. The molecule has 0 bridgehead atoms. The third-order valence-electron chi connectivity index (χ3n) is 4.30. The summed E-state index contributed by atoms with van der Waals surface area (Å²) in [7, 11) is 0. The van der Waals surface area contributed by atoms with E-state index in [1.165, 1.54) is 43.2 Å². The fourth-order valence-corrected chi connectivity index (χ4v) is 3.64. The molecule has 0 aromatic carbocycles. The van der Waals surface area contributed by atoms with Gasteiger partial charge in [-0.15, -0.1) is 0 Å². The van der Waals surface area contributed by atoms with Gasteiger partial charge in [0.05, 0.1) is 6.20 Å². The largest absolute Gasteiger partial charge is 0.506 e. The predicted octanol–water partition coefficient (Wildman–Crippen LogP) is 3.88. The van der Waals surface area contributed by atoms with E-state index in [1.807, 2.05) is 13.8 Å². The molecule has 0 radical (unpaired) electrons. The van der Waals surface area contributed by atoms with E-state index in [2.05, 4.69) is 11.9 Å². The minimum absolute atomic E-state index is 0.380. The van der Waals surface area contributed by atoms with Crippen molar-refractivity contribution in [2.24, 2.45) is 0 Å². The number of hydrogen-bond donors (Lipinski definition) is 1. The van der Waals surface area contributed by atoms with Gasteiger partial charge in [-0.1, -0.05) is 26.7 Å². The molecular formula is C15H23NO. The lowest BCUT2D eigenvalue weighted by Gasteiger charge is -2.25. The van der Waals surface area contributed by atoms with Gasteiger partial charge in [0.1, 0.15) is 5.75 Å². The summed E-state index contributed by atoms with van der Waals surface area (Å²) in [6.07, 6.45) is 9.16. The Kier molecular flexibility index (Phi) is 3.41. The highest BCUT2D eigenvalue weighted by atomic mass is 16.3. The third kappa shape index (κ3) is 1.84. The highest BCUT2D eigenvalue weighted by Crippen LogP contribution is 2.52. The van der Waals surface area contributed by atoms with E-state index in [-0.39, 0.29) is 0 Å². The van der Waals surface area contributed by atoms with Crippen LogP contribution < -0.4 is 0 Å². The van der Waals surface area contributed by atoms with Gasteiger partial charge in [-0.3, -0.25) is 4.98 Å². The normalized spacial score (nSPS) is 19.9. The van der Waals surface area contributed by atoms with Crippen molar-refractivity contribution in [2.75, 3.05) is 0 Å². The Morgan fingerprint density at radius 1 is 1.18 bits per heavy atom. The lowest BCUT2D eigenvalue weighted by atomic mass is 9.79.